The maximum Gasteiger partial charge on any atom is 0.338 e. The SMILES string of the molecule is CCc1ccc(C(=O)OCC(=O)NC(C)c2ccccc2)cc1. The smallest absolute Gasteiger partial charge is 0.338 e. The van der Waals surface area contributed by atoms with E-state index in [1.165, 1.54) is 0 Å². The van der Waals surface area contributed by atoms with Crippen molar-refractivity contribution < 1.29 is 14.3 Å². The highest BCUT2D eigenvalue weighted by Gasteiger charge is 2.12. The predicted octanol–water partition coefficient (Wildman–Crippen LogP) is 3.28. The summed E-state index contributed by atoms with van der Waals surface area (Å²) in [6, 6.07) is 16.7. The summed E-state index contributed by atoms with van der Waals surface area (Å²) in [5.41, 5.74) is 2.60. The monoisotopic (exact) mass is 311 g/mol. The largest absolute Gasteiger partial charge is 0.452 e. The molecule has 1 atom stereocenters. The molecular formula is C19H21NO3. The van der Waals surface area contributed by atoms with Crippen LogP contribution in [0.25, 0.3) is 0 Å². The average Bonchev–Trinajstić information content (AvgIpc) is 2.60. The Bertz CT molecular complexity index is 650. The molecule has 0 aliphatic carbocycles. The number of amides is 1. The zero-order valence-corrected chi connectivity index (χ0v) is 13.4. The summed E-state index contributed by atoms with van der Waals surface area (Å²) in [5, 5.41) is 2.81. The minimum atomic E-state index is -0.491. The molecule has 1 amide bonds. The van der Waals surface area contributed by atoms with Crippen LogP contribution < -0.4 is 5.32 Å². The molecule has 1 unspecified atom stereocenters. The number of hydrogen-bond donors (Lipinski definition) is 1. The molecule has 0 radical (unpaired) electrons. The topological polar surface area (TPSA) is 55.4 Å². The van der Waals surface area contributed by atoms with Gasteiger partial charge >= 0.3 is 5.97 Å². The first-order chi connectivity index (χ1) is 11.1. The zero-order chi connectivity index (χ0) is 16.7. The molecule has 23 heavy (non-hydrogen) atoms. The van der Waals surface area contributed by atoms with E-state index in [1.807, 2.05) is 56.3 Å². The van der Waals surface area contributed by atoms with Crippen LogP contribution in [0.4, 0.5) is 0 Å². The Morgan fingerprint density at radius 2 is 1.70 bits per heavy atom. The fourth-order valence-electron chi connectivity index (χ4n) is 2.20. The van der Waals surface area contributed by atoms with E-state index in [-0.39, 0.29) is 18.6 Å². The first-order valence-corrected chi connectivity index (χ1v) is 7.70. The van der Waals surface area contributed by atoms with Gasteiger partial charge in [-0.3, -0.25) is 4.79 Å². The van der Waals surface area contributed by atoms with Gasteiger partial charge in [0.1, 0.15) is 0 Å². The Labute approximate surface area is 136 Å². The van der Waals surface area contributed by atoms with Crippen LogP contribution in [0.1, 0.15) is 41.4 Å². The van der Waals surface area contributed by atoms with Gasteiger partial charge in [0.2, 0.25) is 0 Å². The molecule has 0 heterocycles. The van der Waals surface area contributed by atoms with Gasteiger partial charge in [-0.25, -0.2) is 4.79 Å². The lowest BCUT2D eigenvalue weighted by Gasteiger charge is -2.14. The molecule has 0 bridgehead atoms. The van der Waals surface area contributed by atoms with Gasteiger partial charge < -0.3 is 10.1 Å². The van der Waals surface area contributed by atoms with Crippen LogP contribution in [0.2, 0.25) is 0 Å². The van der Waals surface area contributed by atoms with Crippen molar-refractivity contribution in [1.82, 2.24) is 5.32 Å². The van der Waals surface area contributed by atoms with Crippen LogP contribution in [0, 0.1) is 0 Å². The molecule has 4 nitrogen and oxygen atoms in total. The van der Waals surface area contributed by atoms with E-state index in [0.717, 1.165) is 17.5 Å². The quantitative estimate of drug-likeness (QED) is 0.833. The number of nitrogens with one attached hydrogen (secondary N) is 1. The summed E-state index contributed by atoms with van der Waals surface area (Å²) < 4.78 is 5.05. The second-order valence-electron chi connectivity index (χ2n) is 5.33. The van der Waals surface area contributed by atoms with Crippen molar-refractivity contribution in [2.75, 3.05) is 6.61 Å². The summed E-state index contributed by atoms with van der Waals surface area (Å²) >= 11 is 0. The third-order valence-electron chi connectivity index (χ3n) is 3.61. The van der Waals surface area contributed by atoms with Crippen molar-refractivity contribution in [2.24, 2.45) is 0 Å². The average molecular weight is 311 g/mol. The molecule has 0 saturated heterocycles. The van der Waals surface area contributed by atoms with Crippen LogP contribution >= 0.6 is 0 Å². The van der Waals surface area contributed by atoms with Gasteiger partial charge in [-0.2, -0.15) is 0 Å². The minimum Gasteiger partial charge on any atom is -0.452 e. The number of esters is 1. The summed E-state index contributed by atoms with van der Waals surface area (Å²) in [4.78, 5) is 23.8. The molecular weight excluding hydrogens is 290 g/mol. The van der Waals surface area contributed by atoms with E-state index in [4.69, 9.17) is 4.74 Å². The van der Waals surface area contributed by atoms with Gasteiger partial charge in [0.25, 0.3) is 5.91 Å². The first kappa shape index (κ1) is 16.7. The van der Waals surface area contributed by atoms with E-state index in [0.29, 0.717) is 5.56 Å². The molecule has 0 aromatic heterocycles. The van der Waals surface area contributed by atoms with Gasteiger partial charge in [-0.1, -0.05) is 49.4 Å². The van der Waals surface area contributed by atoms with Crippen LogP contribution in [0.5, 0.6) is 0 Å². The second-order valence-corrected chi connectivity index (χ2v) is 5.33. The summed E-state index contributed by atoms with van der Waals surface area (Å²) in [6.45, 7) is 3.65. The van der Waals surface area contributed by atoms with Gasteiger partial charge in [0.15, 0.2) is 6.61 Å². The number of benzene rings is 2. The molecule has 4 heteroatoms. The lowest BCUT2D eigenvalue weighted by molar-refractivity contribution is -0.124. The van der Waals surface area contributed by atoms with E-state index >= 15 is 0 Å². The van der Waals surface area contributed by atoms with Gasteiger partial charge in [0.05, 0.1) is 11.6 Å². The maximum absolute atomic E-state index is 11.9. The molecule has 0 aliphatic heterocycles. The van der Waals surface area contributed by atoms with Crippen molar-refractivity contribution in [3.05, 3.63) is 71.3 Å². The lowest BCUT2D eigenvalue weighted by atomic mass is 10.1. The molecule has 0 aliphatic rings. The normalized spacial score (nSPS) is 11.6. The van der Waals surface area contributed by atoms with Gasteiger partial charge in [-0.15, -0.1) is 0 Å². The first-order valence-electron chi connectivity index (χ1n) is 7.70. The summed E-state index contributed by atoms with van der Waals surface area (Å²) in [7, 11) is 0. The second kappa shape index (κ2) is 8.13. The highest BCUT2D eigenvalue weighted by Crippen LogP contribution is 2.11. The highest BCUT2D eigenvalue weighted by molar-refractivity contribution is 5.91. The third-order valence-corrected chi connectivity index (χ3v) is 3.61. The fraction of sp³-hybridized carbons (Fsp3) is 0.263. The zero-order valence-electron chi connectivity index (χ0n) is 13.4. The van der Waals surface area contributed by atoms with Crippen LogP contribution in [-0.4, -0.2) is 18.5 Å². The van der Waals surface area contributed by atoms with Crippen LogP contribution in [0.15, 0.2) is 54.6 Å². The maximum atomic E-state index is 11.9. The van der Waals surface area contributed by atoms with Crippen molar-refractivity contribution in [2.45, 2.75) is 26.3 Å². The predicted molar refractivity (Wildman–Crippen MR) is 89.1 cm³/mol. The number of carbonyl (C=O) groups excluding carboxylic acids is 2. The molecule has 2 rings (SSSR count). The van der Waals surface area contributed by atoms with Gasteiger partial charge in [-0.05, 0) is 36.6 Å². The minimum absolute atomic E-state index is 0.133. The standard InChI is InChI=1S/C19H21NO3/c1-3-15-9-11-17(12-10-15)19(22)23-13-18(21)20-14(2)16-7-5-4-6-8-16/h4-12,14H,3,13H2,1-2H3,(H,20,21). The number of aryl methyl sites for hydroxylation is 1. The number of carbonyl (C=O) groups is 2. The molecule has 1 N–H and O–H groups in total. The Morgan fingerprint density at radius 1 is 1.04 bits per heavy atom. The third kappa shape index (κ3) is 4.95. The van der Waals surface area contributed by atoms with Crippen molar-refractivity contribution in [1.29, 1.82) is 0 Å². The molecule has 0 spiro atoms. The van der Waals surface area contributed by atoms with E-state index in [9.17, 15) is 9.59 Å². The van der Waals surface area contributed by atoms with Crippen LogP contribution in [-0.2, 0) is 16.0 Å². The number of hydrogen-bond acceptors (Lipinski definition) is 3. The van der Waals surface area contributed by atoms with E-state index in [1.54, 1.807) is 12.1 Å². The van der Waals surface area contributed by atoms with Crippen molar-refractivity contribution in [3.8, 4) is 0 Å². The van der Waals surface area contributed by atoms with Crippen molar-refractivity contribution in [3.63, 3.8) is 0 Å². The Hall–Kier alpha value is -2.62. The Morgan fingerprint density at radius 3 is 2.30 bits per heavy atom. The number of ether oxygens (including phenoxy) is 1. The summed E-state index contributed by atoms with van der Waals surface area (Å²) in [6.07, 6.45) is 0.912. The molecule has 2 aromatic carbocycles. The van der Waals surface area contributed by atoms with Crippen molar-refractivity contribution >= 4 is 11.9 Å². The molecule has 2 aromatic rings. The molecule has 0 saturated carbocycles. The highest BCUT2D eigenvalue weighted by atomic mass is 16.5. The van der Waals surface area contributed by atoms with Crippen LogP contribution in [0.3, 0.4) is 0 Å². The van der Waals surface area contributed by atoms with E-state index in [2.05, 4.69) is 5.32 Å². The Kier molecular flexibility index (Phi) is 5.92. The lowest BCUT2D eigenvalue weighted by Crippen LogP contribution is -2.31. The van der Waals surface area contributed by atoms with E-state index < -0.39 is 5.97 Å². The summed E-state index contributed by atoms with van der Waals surface area (Å²) in [5.74, 6) is -0.810. The fourth-order valence-corrected chi connectivity index (χ4v) is 2.20. The van der Waals surface area contributed by atoms with Gasteiger partial charge in [0, 0.05) is 0 Å². The Balaban J connectivity index is 1.82. The number of rotatable bonds is 6. The molecule has 0 fully saturated rings. The molecule has 120 valence electrons.